The molecule has 1 saturated heterocycles. The van der Waals surface area contributed by atoms with E-state index in [0.29, 0.717) is 31.7 Å². The predicted molar refractivity (Wildman–Crippen MR) is 107 cm³/mol. The van der Waals surface area contributed by atoms with Crippen LogP contribution in [0.25, 0.3) is 0 Å². The van der Waals surface area contributed by atoms with E-state index in [9.17, 15) is 13.2 Å². The summed E-state index contributed by atoms with van der Waals surface area (Å²) in [6, 6.07) is 13.8. The molecule has 0 aromatic heterocycles. The summed E-state index contributed by atoms with van der Waals surface area (Å²) in [6.07, 6.45) is 0.658. The smallest absolute Gasteiger partial charge is 0.264 e. The molecule has 28 heavy (non-hydrogen) atoms. The van der Waals surface area contributed by atoms with E-state index in [1.807, 2.05) is 38.1 Å². The number of anilines is 1. The first kappa shape index (κ1) is 19.0. The third kappa shape index (κ3) is 3.29. The van der Waals surface area contributed by atoms with Crippen molar-refractivity contribution in [3.05, 3.63) is 59.7 Å². The summed E-state index contributed by atoms with van der Waals surface area (Å²) < 4.78 is 33.5. The quantitative estimate of drug-likeness (QED) is 0.795. The third-order valence-corrected chi connectivity index (χ3v) is 7.19. The van der Waals surface area contributed by atoms with E-state index in [1.54, 1.807) is 23.1 Å². The van der Waals surface area contributed by atoms with Crippen molar-refractivity contribution < 1.29 is 17.9 Å². The summed E-state index contributed by atoms with van der Waals surface area (Å²) in [5.74, 6) is -0.165. The number of carbonyl (C=O) groups is 1. The molecule has 0 spiro atoms. The van der Waals surface area contributed by atoms with Crippen LogP contribution in [0, 0.1) is 0 Å². The van der Waals surface area contributed by atoms with Gasteiger partial charge in [0.2, 0.25) is 0 Å². The number of benzene rings is 2. The molecular formula is C21H24N2O4S. The molecule has 2 aromatic rings. The summed E-state index contributed by atoms with van der Waals surface area (Å²) in [4.78, 5) is 14.9. The fraction of sp³-hybridized carbons (Fsp3) is 0.381. The second kappa shape index (κ2) is 7.22. The molecule has 2 heterocycles. The lowest BCUT2D eigenvalue weighted by atomic mass is 10.1. The van der Waals surface area contributed by atoms with Crippen LogP contribution in [0.5, 0.6) is 0 Å². The molecule has 2 aliphatic heterocycles. The van der Waals surface area contributed by atoms with E-state index < -0.39 is 10.0 Å². The summed E-state index contributed by atoms with van der Waals surface area (Å²) in [6.45, 7) is 5.26. The maximum Gasteiger partial charge on any atom is 0.264 e. The van der Waals surface area contributed by atoms with E-state index in [0.717, 1.165) is 11.3 Å². The van der Waals surface area contributed by atoms with Gasteiger partial charge < -0.3 is 9.64 Å². The molecular weight excluding hydrogens is 376 g/mol. The summed E-state index contributed by atoms with van der Waals surface area (Å²) in [7, 11) is -3.73. The minimum Gasteiger partial charge on any atom is -0.375 e. The van der Waals surface area contributed by atoms with Gasteiger partial charge in [0.25, 0.3) is 15.9 Å². The van der Waals surface area contributed by atoms with Crippen LogP contribution in [0.15, 0.2) is 53.4 Å². The second-order valence-corrected chi connectivity index (χ2v) is 9.30. The lowest BCUT2D eigenvalue weighted by Crippen LogP contribution is -2.50. The standard InChI is InChI=1S/C21H24N2O4S/c1-15-14-27-16(2)13-22(15)21(24)18-7-5-8-19(12-18)28(25,26)23-11-10-17-6-3-4-9-20(17)23/h3-9,12,15-16H,10-11,13-14H2,1-2H3. The average Bonchev–Trinajstić information content (AvgIpc) is 3.14. The Kier molecular flexibility index (Phi) is 4.89. The van der Waals surface area contributed by atoms with Crippen molar-refractivity contribution >= 4 is 21.6 Å². The van der Waals surface area contributed by atoms with Gasteiger partial charge in [-0.3, -0.25) is 9.10 Å². The summed E-state index contributed by atoms with van der Waals surface area (Å²) in [5.41, 5.74) is 2.12. The predicted octanol–water partition coefficient (Wildman–Crippen LogP) is 2.69. The van der Waals surface area contributed by atoms with Crippen molar-refractivity contribution in [1.82, 2.24) is 4.90 Å². The van der Waals surface area contributed by atoms with Crippen LogP contribution >= 0.6 is 0 Å². The number of carbonyl (C=O) groups excluding carboxylic acids is 1. The maximum absolute atomic E-state index is 13.2. The van der Waals surface area contributed by atoms with E-state index in [4.69, 9.17) is 4.74 Å². The topological polar surface area (TPSA) is 66.9 Å². The number of rotatable bonds is 3. The average molecular weight is 401 g/mol. The molecule has 2 atom stereocenters. The molecule has 2 aromatic carbocycles. The molecule has 0 radical (unpaired) electrons. The summed E-state index contributed by atoms with van der Waals surface area (Å²) >= 11 is 0. The summed E-state index contributed by atoms with van der Waals surface area (Å²) in [5, 5.41) is 0. The third-order valence-electron chi connectivity index (χ3n) is 5.38. The molecule has 0 saturated carbocycles. The Morgan fingerprint density at radius 1 is 1.11 bits per heavy atom. The molecule has 7 heteroatoms. The van der Waals surface area contributed by atoms with Crippen molar-refractivity contribution in [3.63, 3.8) is 0 Å². The van der Waals surface area contributed by atoms with Crippen LogP contribution in [0.2, 0.25) is 0 Å². The highest BCUT2D eigenvalue weighted by atomic mass is 32.2. The number of fused-ring (bicyclic) bond motifs is 1. The normalized spacial score (nSPS) is 22.2. The van der Waals surface area contributed by atoms with Gasteiger partial charge >= 0.3 is 0 Å². The van der Waals surface area contributed by atoms with Gasteiger partial charge in [0.1, 0.15) is 0 Å². The van der Waals surface area contributed by atoms with Crippen molar-refractivity contribution in [2.75, 3.05) is 24.0 Å². The van der Waals surface area contributed by atoms with Crippen LogP contribution in [0.1, 0.15) is 29.8 Å². The monoisotopic (exact) mass is 400 g/mol. The largest absolute Gasteiger partial charge is 0.375 e. The first-order valence-corrected chi connectivity index (χ1v) is 10.9. The number of amides is 1. The number of nitrogens with zero attached hydrogens (tertiary/aromatic N) is 2. The van der Waals surface area contributed by atoms with Gasteiger partial charge in [-0.1, -0.05) is 24.3 Å². The number of ether oxygens (including phenoxy) is 1. The van der Waals surface area contributed by atoms with Crippen LogP contribution in [0.4, 0.5) is 5.69 Å². The number of para-hydroxylation sites is 1. The van der Waals surface area contributed by atoms with E-state index in [-0.39, 0.29) is 22.9 Å². The Morgan fingerprint density at radius 2 is 1.89 bits per heavy atom. The molecule has 2 unspecified atom stereocenters. The number of morpholine rings is 1. The van der Waals surface area contributed by atoms with Gasteiger partial charge in [0.05, 0.1) is 29.3 Å². The van der Waals surface area contributed by atoms with Crippen LogP contribution in [-0.2, 0) is 21.2 Å². The zero-order valence-corrected chi connectivity index (χ0v) is 16.9. The number of hydrogen-bond acceptors (Lipinski definition) is 4. The van der Waals surface area contributed by atoms with Crippen LogP contribution in [0.3, 0.4) is 0 Å². The van der Waals surface area contributed by atoms with Gasteiger partial charge in [0, 0.05) is 18.7 Å². The van der Waals surface area contributed by atoms with E-state index in [2.05, 4.69) is 0 Å². The van der Waals surface area contributed by atoms with Gasteiger partial charge in [-0.05, 0) is 50.1 Å². The highest BCUT2D eigenvalue weighted by molar-refractivity contribution is 7.92. The molecule has 148 valence electrons. The SMILES string of the molecule is CC1CN(C(=O)c2cccc(S(=O)(=O)N3CCc4ccccc43)c2)C(C)CO1. The number of sulfonamides is 1. The Bertz CT molecular complexity index is 1000. The zero-order valence-electron chi connectivity index (χ0n) is 16.0. The lowest BCUT2D eigenvalue weighted by Gasteiger charge is -2.36. The minimum atomic E-state index is -3.73. The fourth-order valence-corrected chi connectivity index (χ4v) is 5.38. The Balaban J connectivity index is 1.65. The number of hydrogen-bond donors (Lipinski definition) is 0. The molecule has 2 aliphatic rings. The van der Waals surface area contributed by atoms with E-state index in [1.165, 1.54) is 10.4 Å². The molecule has 0 bridgehead atoms. The second-order valence-electron chi connectivity index (χ2n) is 7.43. The minimum absolute atomic E-state index is 0.0341. The zero-order chi connectivity index (χ0) is 19.9. The first-order valence-electron chi connectivity index (χ1n) is 9.51. The molecule has 6 nitrogen and oxygen atoms in total. The van der Waals surface area contributed by atoms with Crippen molar-refractivity contribution in [1.29, 1.82) is 0 Å². The van der Waals surface area contributed by atoms with Crippen molar-refractivity contribution in [3.8, 4) is 0 Å². The van der Waals surface area contributed by atoms with Gasteiger partial charge in [-0.25, -0.2) is 8.42 Å². The Hall–Kier alpha value is -2.38. The van der Waals surface area contributed by atoms with Gasteiger partial charge in [-0.2, -0.15) is 0 Å². The van der Waals surface area contributed by atoms with Crippen LogP contribution < -0.4 is 4.31 Å². The fourth-order valence-electron chi connectivity index (χ4n) is 3.83. The van der Waals surface area contributed by atoms with Gasteiger partial charge in [-0.15, -0.1) is 0 Å². The van der Waals surface area contributed by atoms with Crippen molar-refractivity contribution in [2.45, 2.75) is 37.3 Å². The highest BCUT2D eigenvalue weighted by Gasteiger charge is 2.32. The Labute approximate surface area is 165 Å². The highest BCUT2D eigenvalue weighted by Crippen LogP contribution is 2.33. The maximum atomic E-state index is 13.2. The molecule has 0 N–H and O–H groups in total. The molecule has 1 fully saturated rings. The molecule has 1 amide bonds. The van der Waals surface area contributed by atoms with Crippen LogP contribution in [-0.4, -0.2) is 51.1 Å². The Morgan fingerprint density at radius 3 is 2.71 bits per heavy atom. The van der Waals surface area contributed by atoms with E-state index >= 15 is 0 Å². The molecule has 0 aliphatic carbocycles. The lowest BCUT2D eigenvalue weighted by molar-refractivity contribution is -0.0387. The van der Waals surface area contributed by atoms with Crippen molar-refractivity contribution in [2.24, 2.45) is 0 Å². The molecule has 4 rings (SSSR count). The first-order chi connectivity index (χ1) is 13.4. The van der Waals surface area contributed by atoms with Gasteiger partial charge in [0.15, 0.2) is 0 Å².